The standard InChI is InChI=1S/C10H11F3O2/c1-6(2)4-8(10(11,12)13)5-7(3)9(14)15/h4-5H,3H2,1-2H3,(H,14,15)/b8-5+. The van der Waals surface area contributed by atoms with Gasteiger partial charge < -0.3 is 5.11 Å². The molecule has 0 saturated carbocycles. The number of hydrogen-bond acceptors (Lipinski definition) is 1. The Balaban J connectivity index is 5.22. The quantitative estimate of drug-likeness (QED) is 0.586. The first-order chi connectivity index (χ1) is 6.64. The van der Waals surface area contributed by atoms with Gasteiger partial charge in [0.05, 0.1) is 11.1 Å². The molecule has 2 nitrogen and oxygen atoms in total. The molecule has 0 unspecified atom stereocenters. The molecule has 0 aromatic rings. The van der Waals surface area contributed by atoms with E-state index < -0.39 is 23.3 Å². The van der Waals surface area contributed by atoms with E-state index in [2.05, 4.69) is 6.58 Å². The molecule has 5 heteroatoms. The molecule has 0 heterocycles. The minimum Gasteiger partial charge on any atom is -0.478 e. The highest BCUT2D eigenvalue weighted by Gasteiger charge is 2.32. The Morgan fingerprint density at radius 2 is 1.73 bits per heavy atom. The number of allylic oxidation sites excluding steroid dienone is 3. The summed E-state index contributed by atoms with van der Waals surface area (Å²) < 4.78 is 37.1. The van der Waals surface area contributed by atoms with Gasteiger partial charge in [-0.15, -0.1) is 0 Å². The lowest BCUT2D eigenvalue weighted by Gasteiger charge is -2.08. The zero-order chi connectivity index (χ0) is 12.2. The topological polar surface area (TPSA) is 37.3 Å². The second-order valence-electron chi connectivity index (χ2n) is 3.15. The molecule has 0 aliphatic carbocycles. The van der Waals surface area contributed by atoms with E-state index in [1.807, 2.05) is 0 Å². The molecule has 0 aliphatic rings. The Labute approximate surface area is 85.4 Å². The van der Waals surface area contributed by atoms with E-state index in [9.17, 15) is 18.0 Å². The normalized spacial score (nSPS) is 12.2. The van der Waals surface area contributed by atoms with Crippen molar-refractivity contribution in [1.29, 1.82) is 0 Å². The highest BCUT2D eigenvalue weighted by molar-refractivity contribution is 5.89. The van der Waals surface area contributed by atoms with Crippen molar-refractivity contribution in [3.05, 3.63) is 35.5 Å². The first kappa shape index (κ1) is 13.5. The van der Waals surface area contributed by atoms with Crippen LogP contribution in [0.25, 0.3) is 0 Å². The Morgan fingerprint density at radius 1 is 1.27 bits per heavy atom. The summed E-state index contributed by atoms with van der Waals surface area (Å²) in [5, 5.41) is 8.40. The summed E-state index contributed by atoms with van der Waals surface area (Å²) >= 11 is 0. The molecule has 0 bridgehead atoms. The van der Waals surface area contributed by atoms with Gasteiger partial charge in [-0.2, -0.15) is 13.2 Å². The fourth-order valence-electron chi connectivity index (χ4n) is 0.766. The molecule has 0 rings (SSSR count). The summed E-state index contributed by atoms with van der Waals surface area (Å²) in [5.74, 6) is -1.47. The van der Waals surface area contributed by atoms with Gasteiger partial charge in [0, 0.05) is 0 Å². The van der Waals surface area contributed by atoms with Gasteiger partial charge in [-0.05, 0) is 19.9 Å². The van der Waals surface area contributed by atoms with Gasteiger partial charge in [-0.25, -0.2) is 4.79 Å². The third-order valence-corrected chi connectivity index (χ3v) is 1.38. The van der Waals surface area contributed by atoms with E-state index in [1.165, 1.54) is 13.8 Å². The van der Waals surface area contributed by atoms with E-state index in [1.54, 1.807) is 0 Å². The van der Waals surface area contributed by atoms with Crippen LogP contribution < -0.4 is 0 Å². The van der Waals surface area contributed by atoms with Crippen molar-refractivity contribution in [2.24, 2.45) is 0 Å². The van der Waals surface area contributed by atoms with Crippen LogP contribution in [0.3, 0.4) is 0 Å². The van der Waals surface area contributed by atoms with E-state index in [-0.39, 0.29) is 0 Å². The highest BCUT2D eigenvalue weighted by atomic mass is 19.4. The summed E-state index contributed by atoms with van der Waals surface area (Å²) in [7, 11) is 0. The average Bonchev–Trinajstić information content (AvgIpc) is 2.00. The summed E-state index contributed by atoms with van der Waals surface area (Å²) in [5.41, 5.74) is -1.19. The minimum atomic E-state index is -4.57. The maximum atomic E-state index is 12.4. The van der Waals surface area contributed by atoms with Gasteiger partial charge in [0.15, 0.2) is 0 Å². The summed E-state index contributed by atoms with van der Waals surface area (Å²) in [4.78, 5) is 10.3. The van der Waals surface area contributed by atoms with Gasteiger partial charge in [-0.1, -0.05) is 18.2 Å². The molecule has 0 radical (unpaired) electrons. The van der Waals surface area contributed by atoms with Crippen molar-refractivity contribution >= 4 is 5.97 Å². The zero-order valence-electron chi connectivity index (χ0n) is 8.35. The van der Waals surface area contributed by atoms with Crippen LogP contribution in [0.15, 0.2) is 35.5 Å². The van der Waals surface area contributed by atoms with Gasteiger partial charge in [0.2, 0.25) is 0 Å². The summed E-state index contributed by atoms with van der Waals surface area (Å²) in [6.07, 6.45) is -3.20. The van der Waals surface area contributed by atoms with Crippen LogP contribution >= 0.6 is 0 Å². The van der Waals surface area contributed by atoms with Crippen molar-refractivity contribution in [2.75, 3.05) is 0 Å². The number of halogens is 3. The van der Waals surface area contributed by atoms with Crippen LogP contribution in [0.1, 0.15) is 13.8 Å². The lowest BCUT2D eigenvalue weighted by Crippen LogP contribution is -2.11. The largest absolute Gasteiger partial charge is 0.478 e. The monoisotopic (exact) mass is 220 g/mol. The predicted octanol–water partition coefficient (Wildman–Crippen LogP) is 3.08. The number of rotatable bonds is 3. The molecule has 1 N–H and O–H groups in total. The number of carbonyl (C=O) groups is 1. The molecular weight excluding hydrogens is 209 g/mol. The van der Waals surface area contributed by atoms with E-state index in [0.717, 1.165) is 6.08 Å². The van der Waals surface area contributed by atoms with Crippen LogP contribution in [0.5, 0.6) is 0 Å². The Bertz CT molecular complexity index is 331. The highest BCUT2D eigenvalue weighted by Crippen LogP contribution is 2.28. The van der Waals surface area contributed by atoms with Crippen molar-refractivity contribution in [3.63, 3.8) is 0 Å². The molecule has 0 aromatic carbocycles. The lowest BCUT2D eigenvalue weighted by molar-refractivity contribution is -0.132. The molecule has 0 saturated heterocycles. The molecule has 0 aliphatic heterocycles. The fraction of sp³-hybridized carbons (Fsp3) is 0.300. The van der Waals surface area contributed by atoms with Crippen LogP contribution in [-0.2, 0) is 4.79 Å². The Hall–Kier alpha value is -1.52. The van der Waals surface area contributed by atoms with Crippen LogP contribution in [-0.4, -0.2) is 17.3 Å². The minimum absolute atomic E-state index is 0.428. The average molecular weight is 220 g/mol. The van der Waals surface area contributed by atoms with Gasteiger partial charge in [0.1, 0.15) is 0 Å². The van der Waals surface area contributed by atoms with Crippen molar-refractivity contribution in [3.8, 4) is 0 Å². The number of carboxylic acids is 1. The number of alkyl halides is 3. The Kier molecular flexibility index (Phi) is 4.33. The second-order valence-corrected chi connectivity index (χ2v) is 3.15. The summed E-state index contributed by atoms with van der Waals surface area (Å²) in [6, 6.07) is 0. The number of hydrogen-bond donors (Lipinski definition) is 1. The molecule has 15 heavy (non-hydrogen) atoms. The molecule has 0 aromatic heterocycles. The second kappa shape index (κ2) is 4.82. The van der Waals surface area contributed by atoms with Gasteiger partial charge in [0.25, 0.3) is 0 Å². The van der Waals surface area contributed by atoms with Crippen LogP contribution in [0, 0.1) is 0 Å². The van der Waals surface area contributed by atoms with Crippen LogP contribution in [0.4, 0.5) is 13.2 Å². The third kappa shape index (κ3) is 5.05. The zero-order valence-corrected chi connectivity index (χ0v) is 8.35. The molecule has 0 fully saturated rings. The molecule has 84 valence electrons. The maximum Gasteiger partial charge on any atom is 0.416 e. The third-order valence-electron chi connectivity index (χ3n) is 1.38. The first-order valence-electron chi connectivity index (χ1n) is 4.00. The molecule has 0 spiro atoms. The SMILES string of the molecule is C=C(/C=C(\C=C(C)C)C(F)(F)F)C(=O)O. The Morgan fingerprint density at radius 3 is 2.00 bits per heavy atom. The van der Waals surface area contributed by atoms with Crippen molar-refractivity contribution in [2.45, 2.75) is 20.0 Å². The van der Waals surface area contributed by atoms with E-state index in [0.29, 0.717) is 11.6 Å². The molecule has 0 amide bonds. The van der Waals surface area contributed by atoms with Crippen molar-refractivity contribution in [1.82, 2.24) is 0 Å². The summed E-state index contributed by atoms with van der Waals surface area (Å²) in [6.45, 7) is 5.99. The number of carboxylic acid groups (broad SMARTS) is 1. The molecule has 0 atom stereocenters. The van der Waals surface area contributed by atoms with Gasteiger partial charge in [-0.3, -0.25) is 0 Å². The van der Waals surface area contributed by atoms with E-state index in [4.69, 9.17) is 5.11 Å². The number of aliphatic carboxylic acids is 1. The fourth-order valence-corrected chi connectivity index (χ4v) is 0.766. The lowest BCUT2D eigenvalue weighted by atomic mass is 10.1. The van der Waals surface area contributed by atoms with E-state index >= 15 is 0 Å². The molecular formula is C10H11F3O2. The van der Waals surface area contributed by atoms with Crippen molar-refractivity contribution < 1.29 is 23.1 Å². The maximum absolute atomic E-state index is 12.4. The van der Waals surface area contributed by atoms with Crippen LogP contribution in [0.2, 0.25) is 0 Å². The smallest absolute Gasteiger partial charge is 0.416 e. The first-order valence-corrected chi connectivity index (χ1v) is 4.00. The predicted molar refractivity (Wildman–Crippen MR) is 50.3 cm³/mol. The van der Waals surface area contributed by atoms with Gasteiger partial charge >= 0.3 is 12.1 Å².